The van der Waals surface area contributed by atoms with Crippen LogP contribution >= 0.6 is 0 Å². The van der Waals surface area contributed by atoms with E-state index in [1.807, 2.05) is 0 Å². The number of nitrogens with one attached hydrogen (secondary N) is 1. The van der Waals surface area contributed by atoms with Gasteiger partial charge in [-0.3, -0.25) is 9.59 Å². The number of amides is 1. The molecule has 0 saturated heterocycles. The lowest BCUT2D eigenvalue weighted by Gasteiger charge is -2.24. The first-order valence-electron chi connectivity index (χ1n) is 7.48. The van der Waals surface area contributed by atoms with Gasteiger partial charge in [-0.25, -0.2) is 0 Å². The maximum absolute atomic E-state index is 12.8. The van der Waals surface area contributed by atoms with Gasteiger partial charge in [0.15, 0.2) is 5.78 Å². The zero-order valence-electron chi connectivity index (χ0n) is 13.5. The fourth-order valence-corrected chi connectivity index (χ4v) is 2.52. The van der Waals surface area contributed by atoms with E-state index in [-0.39, 0.29) is 18.2 Å². The molecule has 1 N–H and O–H groups in total. The van der Waals surface area contributed by atoms with Gasteiger partial charge in [0, 0.05) is 23.8 Å². The minimum absolute atomic E-state index is 0.136. The van der Waals surface area contributed by atoms with Crippen molar-refractivity contribution in [2.75, 3.05) is 0 Å². The molecular formula is C16H10F9NO2. The minimum Gasteiger partial charge on any atom is -0.326 e. The molecule has 1 atom stereocenters. The second kappa shape index (κ2) is 7.13. The Balaban J connectivity index is 2.35. The molecule has 1 aliphatic carbocycles. The molecule has 2 rings (SSSR count). The molecule has 28 heavy (non-hydrogen) atoms. The second-order valence-corrected chi connectivity index (χ2v) is 6.03. The lowest BCUT2D eigenvalue weighted by atomic mass is 9.90. The number of alkyl halides is 9. The highest BCUT2D eigenvalue weighted by Gasteiger charge is 2.43. The van der Waals surface area contributed by atoms with Crippen LogP contribution in [0, 0.1) is 5.92 Å². The molecule has 1 aliphatic rings. The van der Waals surface area contributed by atoms with Crippen LogP contribution in [0.15, 0.2) is 30.0 Å². The number of halogens is 9. The van der Waals surface area contributed by atoms with Gasteiger partial charge < -0.3 is 5.32 Å². The van der Waals surface area contributed by atoms with Crippen molar-refractivity contribution < 1.29 is 49.1 Å². The van der Waals surface area contributed by atoms with Crippen molar-refractivity contribution in [3.63, 3.8) is 0 Å². The van der Waals surface area contributed by atoms with Gasteiger partial charge in [0.1, 0.15) is 0 Å². The third-order valence-electron chi connectivity index (χ3n) is 3.84. The Bertz CT molecular complexity index is 787. The minimum atomic E-state index is -5.20. The van der Waals surface area contributed by atoms with Gasteiger partial charge in [0.2, 0.25) is 0 Å². The first-order chi connectivity index (χ1) is 12.6. The quantitative estimate of drug-likeness (QED) is 0.695. The molecule has 0 heterocycles. The summed E-state index contributed by atoms with van der Waals surface area (Å²) >= 11 is 0. The normalized spacial score (nSPS) is 18.7. The van der Waals surface area contributed by atoms with E-state index >= 15 is 0 Å². The van der Waals surface area contributed by atoms with Crippen molar-refractivity contribution in [1.29, 1.82) is 0 Å². The van der Waals surface area contributed by atoms with Crippen molar-refractivity contribution >= 4 is 11.7 Å². The number of allylic oxidation sites excluding steroid dienone is 2. The zero-order chi connectivity index (χ0) is 21.5. The molecule has 1 aromatic carbocycles. The summed E-state index contributed by atoms with van der Waals surface area (Å²) in [6.45, 7) is 0. The van der Waals surface area contributed by atoms with E-state index in [1.54, 1.807) is 5.32 Å². The number of carbonyl (C=O) groups is 2. The molecule has 0 saturated carbocycles. The van der Waals surface area contributed by atoms with Crippen molar-refractivity contribution in [2.45, 2.75) is 31.4 Å². The molecule has 0 radical (unpaired) electrons. The van der Waals surface area contributed by atoms with Crippen LogP contribution in [0.2, 0.25) is 0 Å². The summed E-state index contributed by atoms with van der Waals surface area (Å²) in [6, 6.07) is 0.0773. The second-order valence-electron chi connectivity index (χ2n) is 6.03. The van der Waals surface area contributed by atoms with E-state index in [4.69, 9.17) is 0 Å². The van der Waals surface area contributed by atoms with Crippen LogP contribution in [-0.2, 0) is 17.1 Å². The topological polar surface area (TPSA) is 46.2 Å². The predicted octanol–water partition coefficient (Wildman–Crippen LogP) is 4.88. The summed E-state index contributed by atoms with van der Waals surface area (Å²) in [5, 5.41) is 1.79. The molecule has 154 valence electrons. The number of ketones is 1. The average molecular weight is 419 g/mol. The average Bonchev–Trinajstić information content (AvgIpc) is 2.51. The van der Waals surface area contributed by atoms with Gasteiger partial charge in [-0.2, -0.15) is 39.5 Å². The van der Waals surface area contributed by atoms with E-state index in [1.165, 1.54) is 0 Å². The van der Waals surface area contributed by atoms with E-state index in [0.29, 0.717) is 6.08 Å². The summed E-state index contributed by atoms with van der Waals surface area (Å²) in [5.41, 5.74) is -5.12. The van der Waals surface area contributed by atoms with Crippen LogP contribution in [0.5, 0.6) is 0 Å². The summed E-state index contributed by atoms with van der Waals surface area (Å²) in [6.07, 6.45) is -16.2. The van der Waals surface area contributed by atoms with Crippen LogP contribution in [0.4, 0.5) is 39.5 Å². The molecule has 0 aliphatic heterocycles. The van der Waals surface area contributed by atoms with Crippen molar-refractivity contribution in [3.05, 3.63) is 46.7 Å². The molecular weight excluding hydrogens is 409 g/mol. The summed E-state index contributed by atoms with van der Waals surface area (Å²) < 4.78 is 115. The number of carbonyl (C=O) groups excluding carboxylic acids is 2. The fourth-order valence-electron chi connectivity index (χ4n) is 2.52. The van der Waals surface area contributed by atoms with Crippen molar-refractivity contribution in [1.82, 2.24) is 5.32 Å². The summed E-state index contributed by atoms with van der Waals surface area (Å²) in [4.78, 5) is 23.4. The van der Waals surface area contributed by atoms with Crippen LogP contribution < -0.4 is 5.32 Å². The van der Waals surface area contributed by atoms with Crippen molar-refractivity contribution in [2.24, 2.45) is 5.92 Å². The Morgan fingerprint density at radius 1 is 0.857 bits per heavy atom. The maximum Gasteiger partial charge on any atom is 0.416 e. The Labute approximate surface area is 151 Å². The van der Waals surface area contributed by atoms with Crippen LogP contribution in [0.3, 0.4) is 0 Å². The fraction of sp³-hybridized carbons (Fsp3) is 0.375. The lowest BCUT2D eigenvalue weighted by Crippen LogP contribution is -2.34. The van der Waals surface area contributed by atoms with Crippen LogP contribution in [0.1, 0.15) is 34.3 Å². The maximum atomic E-state index is 12.8. The van der Waals surface area contributed by atoms with E-state index in [2.05, 4.69) is 0 Å². The standard InChI is InChI=1S/C16H10F9NO2/c17-14(18,19)8-1-7(2-9(3-8)15(20,21)22)13(28)26-11-4-10(16(23,24)25)5-12(27)6-11/h1-3,6,10H,4-5H2,(H,26,28). The highest BCUT2D eigenvalue weighted by atomic mass is 19.4. The Morgan fingerprint density at radius 2 is 1.36 bits per heavy atom. The predicted molar refractivity (Wildman–Crippen MR) is 75.8 cm³/mol. The van der Waals surface area contributed by atoms with Gasteiger partial charge in [0.25, 0.3) is 5.91 Å². The molecule has 0 spiro atoms. The number of hydrogen-bond acceptors (Lipinski definition) is 2. The largest absolute Gasteiger partial charge is 0.416 e. The molecule has 12 heteroatoms. The lowest BCUT2D eigenvalue weighted by molar-refractivity contribution is -0.178. The third-order valence-corrected chi connectivity index (χ3v) is 3.84. The number of rotatable bonds is 2. The Morgan fingerprint density at radius 3 is 1.79 bits per heavy atom. The van der Waals surface area contributed by atoms with E-state index in [0.717, 1.165) is 0 Å². The van der Waals surface area contributed by atoms with Gasteiger partial charge in [-0.15, -0.1) is 0 Å². The van der Waals surface area contributed by atoms with Gasteiger partial charge in [-0.1, -0.05) is 0 Å². The van der Waals surface area contributed by atoms with Crippen LogP contribution in [0.25, 0.3) is 0 Å². The molecule has 1 unspecified atom stereocenters. The molecule has 0 bridgehead atoms. The summed E-state index contributed by atoms with van der Waals surface area (Å²) in [5.74, 6) is -4.60. The Kier molecular flexibility index (Phi) is 5.55. The van der Waals surface area contributed by atoms with Crippen LogP contribution in [-0.4, -0.2) is 17.9 Å². The summed E-state index contributed by atoms with van der Waals surface area (Å²) in [7, 11) is 0. The molecule has 0 aromatic heterocycles. The van der Waals surface area contributed by atoms with E-state index in [9.17, 15) is 49.1 Å². The zero-order valence-corrected chi connectivity index (χ0v) is 13.5. The Hall–Kier alpha value is -2.53. The highest BCUT2D eigenvalue weighted by molar-refractivity contribution is 5.98. The van der Waals surface area contributed by atoms with Gasteiger partial charge in [-0.05, 0) is 24.6 Å². The monoisotopic (exact) mass is 419 g/mol. The molecule has 1 amide bonds. The molecule has 0 fully saturated rings. The molecule has 1 aromatic rings. The van der Waals surface area contributed by atoms with Gasteiger partial charge >= 0.3 is 18.5 Å². The number of hydrogen-bond donors (Lipinski definition) is 1. The van der Waals surface area contributed by atoms with Gasteiger partial charge in [0.05, 0.1) is 17.0 Å². The smallest absolute Gasteiger partial charge is 0.326 e. The first kappa shape index (κ1) is 21.8. The SMILES string of the molecule is O=C1C=C(NC(=O)c2cc(C(F)(F)F)cc(C(F)(F)F)c2)CC(C(F)(F)F)C1. The number of benzene rings is 1. The van der Waals surface area contributed by atoms with E-state index < -0.39 is 71.4 Å². The molecule has 3 nitrogen and oxygen atoms in total. The highest BCUT2D eigenvalue weighted by Crippen LogP contribution is 2.37. The first-order valence-corrected chi connectivity index (χ1v) is 7.48. The van der Waals surface area contributed by atoms with Crippen molar-refractivity contribution in [3.8, 4) is 0 Å². The third kappa shape index (κ3) is 5.26.